The van der Waals surface area contributed by atoms with Crippen LogP contribution >= 0.6 is 24.0 Å². The number of aliphatic imine (C=N–C) groups is 1. The van der Waals surface area contributed by atoms with Gasteiger partial charge in [-0.3, -0.25) is 4.99 Å². The van der Waals surface area contributed by atoms with E-state index < -0.39 is 11.6 Å². The van der Waals surface area contributed by atoms with Crippen LogP contribution in [0.4, 0.5) is 14.5 Å². The topological polar surface area (TPSA) is 59.6 Å². The number of anilines is 1. The minimum absolute atomic E-state index is 0. The van der Waals surface area contributed by atoms with Crippen molar-refractivity contribution in [3.8, 4) is 0 Å². The Labute approximate surface area is 145 Å². The van der Waals surface area contributed by atoms with Gasteiger partial charge in [0.2, 0.25) is 0 Å². The smallest absolute Gasteiger partial charge is 0.193 e. The van der Waals surface area contributed by atoms with E-state index in [2.05, 4.69) is 16.9 Å². The zero-order chi connectivity index (χ0) is 15.4. The van der Waals surface area contributed by atoms with Gasteiger partial charge in [0.15, 0.2) is 5.96 Å². The van der Waals surface area contributed by atoms with Crippen molar-refractivity contribution in [3.63, 3.8) is 0 Å². The van der Waals surface area contributed by atoms with Crippen LogP contribution in [0, 0.1) is 17.6 Å². The van der Waals surface area contributed by atoms with Crippen LogP contribution < -0.4 is 11.1 Å². The quantitative estimate of drug-likeness (QED) is 0.338. The molecule has 7 heteroatoms. The summed E-state index contributed by atoms with van der Waals surface area (Å²) in [4.78, 5) is 4.18. The van der Waals surface area contributed by atoms with Crippen LogP contribution in [0.5, 0.6) is 0 Å². The molecule has 3 N–H and O–H groups in total. The number of nitrogens with two attached hydrogens (primary N) is 1. The molecule has 0 amide bonds. The highest BCUT2D eigenvalue weighted by Gasteiger charge is 2.28. The predicted octanol–water partition coefficient (Wildman–Crippen LogP) is 3.29. The number of halogens is 3. The molecule has 1 fully saturated rings. The molecule has 1 aromatic rings. The summed E-state index contributed by atoms with van der Waals surface area (Å²) in [6.45, 7) is 6.93. The van der Waals surface area contributed by atoms with Gasteiger partial charge in [-0.15, -0.1) is 24.0 Å². The fourth-order valence-corrected chi connectivity index (χ4v) is 2.35. The van der Waals surface area contributed by atoms with Gasteiger partial charge in [-0.05, 0) is 25.5 Å². The van der Waals surface area contributed by atoms with Gasteiger partial charge in [0.05, 0.1) is 11.8 Å². The van der Waals surface area contributed by atoms with E-state index >= 15 is 0 Å². The lowest BCUT2D eigenvalue weighted by molar-refractivity contribution is 0.120. The Morgan fingerprint density at radius 3 is 2.91 bits per heavy atom. The van der Waals surface area contributed by atoms with E-state index in [1.165, 1.54) is 0 Å². The number of hydrogen-bond donors (Lipinski definition) is 2. The number of ether oxygens (including phenoxy) is 1. The van der Waals surface area contributed by atoms with Crippen LogP contribution in [0.25, 0.3) is 0 Å². The molecule has 122 valence electrons. The Morgan fingerprint density at radius 2 is 2.23 bits per heavy atom. The zero-order valence-corrected chi connectivity index (χ0v) is 14.6. The fourth-order valence-electron chi connectivity index (χ4n) is 2.35. The van der Waals surface area contributed by atoms with Gasteiger partial charge >= 0.3 is 0 Å². The van der Waals surface area contributed by atoms with Gasteiger partial charge in [0.25, 0.3) is 0 Å². The summed E-state index contributed by atoms with van der Waals surface area (Å²) in [6.07, 6.45) is 0.857. The number of guanidine groups is 1. The number of hydrogen-bond acceptors (Lipinski definition) is 2. The monoisotopic (exact) mass is 423 g/mol. The van der Waals surface area contributed by atoms with Gasteiger partial charge in [-0.25, -0.2) is 8.78 Å². The minimum Gasteiger partial charge on any atom is -0.374 e. The third kappa shape index (κ3) is 4.91. The Hall–Kier alpha value is -1.22. The highest BCUT2D eigenvalue weighted by Crippen LogP contribution is 2.26. The first kappa shape index (κ1) is 18.8. The molecule has 0 radical (unpaired) electrons. The summed E-state index contributed by atoms with van der Waals surface area (Å²) < 4.78 is 32.1. The SMILES string of the molecule is C=C(C)C1OCCC1CN=C(N)Nc1cc(F)ccc1F.I. The fraction of sp³-hybridized carbons (Fsp3) is 0.400. The first-order valence-electron chi connectivity index (χ1n) is 6.76. The van der Waals surface area contributed by atoms with E-state index in [1.807, 2.05) is 6.92 Å². The second-order valence-electron chi connectivity index (χ2n) is 5.16. The van der Waals surface area contributed by atoms with E-state index in [-0.39, 0.29) is 47.6 Å². The van der Waals surface area contributed by atoms with E-state index in [0.717, 1.165) is 30.2 Å². The van der Waals surface area contributed by atoms with E-state index in [4.69, 9.17) is 10.5 Å². The number of benzene rings is 1. The summed E-state index contributed by atoms with van der Waals surface area (Å²) in [5.74, 6) is -0.871. The Morgan fingerprint density at radius 1 is 1.50 bits per heavy atom. The molecular weight excluding hydrogens is 403 g/mol. The van der Waals surface area contributed by atoms with Crippen molar-refractivity contribution in [2.75, 3.05) is 18.5 Å². The highest BCUT2D eigenvalue weighted by atomic mass is 127. The molecule has 1 aromatic carbocycles. The number of rotatable bonds is 4. The molecule has 2 rings (SSSR count). The molecule has 2 unspecified atom stereocenters. The maximum Gasteiger partial charge on any atom is 0.193 e. The first-order valence-corrected chi connectivity index (χ1v) is 6.76. The van der Waals surface area contributed by atoms with Crippen LogP contribution in [0.2, 0.25) is 0 Å². The lowest BCUT2D eigenvalue weighted by Crippen LogP contribution is -2.26. The molecule has 1 aliphatic heterocycles. The normalized spacial score (nSPS) is 21.3. The minimum atomic E-state index is -0.585. The molecule has 1 saturated heterocycles. The summed E-state index contributed by atoms with van der Waals surface area (Å²) in [5.41, 5.74) is 6.63. The van der Waals surface area contributed by atoms with Crippen molar-refractivity contribution in [3.05, 3.63) is 42.0 Å². The average Bonchev–Trinajstić information content (AvgIpc) is 2.89. The second kappa shape index (κ2) is 8.42. The predicted molar refractivity (Wildman–Crippen MR) is 94.5 cm³/mol. The lowest BCUT2D eigenvalue weighted by Gasteiger charge is -2.17. The zero-order valence-electron chi connectivity index (χ0n) is 12.3. The van der Waals surface area contributed by atoms with Crippen LogP contribution in [0.15, 0.2) is 35.3 Å². The van der Waals surface area contributed by atoms with Crippen LogP contribution in [0.3, 0.4) is 0 Å². The molecule has 1 aliphatic rings. The van der Waals surface area contributed by atoms with Crippen LogP contribution in [-0.4, -0.2) is 25.2 Å². The highest BCUT2D eigenvalue weighted by molar-refractivity contribution is 14.0. The van der Waals surface area contributed by atoms with Crippen molar-refractivity contribution in [1.82, 2.24) is 0 Å². The average molecular weight is 423 g/mol. The molecule has 2 atom stereocenters. The molecule has 4 nitrogen and oxygen atoms in total. The van der Waals surface area contributed by atoms with Crippen molar-refractivity contribution in [1.29, 1.82) is 0 Å². The Bertz CT molecular complexity index is 566. The largest absolute Gasteiger partial charge is 0.374 e. The van der Waals surface area contributed by atoms with Gasteiger partial charge in [0, 0.05) is 25.1 Å². The van der Waals surface area contributed by atoms with Crippen LogP contribution in [0.1, 0.15) is 13.3 Å². The Balaban J connectivity index is 0.00000242. The van der Waals surface area contributed by atoms with Crippen molar-refractivity contribution >= 4 is 35.6 Å². The molecule has 0 bridgehead atoms. The van der Waals surface area contributed by atoms with Crippen molar-refractivity contribution < 1.29 is 13.5 Å². The third-order valence-corrected chi connectivity index (χ3v) is 3.39. The van der Waals surface area contributed by atoms with Gasteiger partial charge in [0.1, 0.15) is 11.6 Å². The lowest BCUT2D eigenvalue weighted by atomic mass is 9.97. The molecule has 0 spiro atoms. The maximum absolute atomic E-state index is 13.5. The summed E-state index contributed by atoms with van der Waals surface area (Å²) in [5, 5.41) is 2.57. The maximum atomic E-state index is 13.5. The first-order chi connectivity index (χ1) is 9.97. The standard InChI is InChI=1S/C15H19F2N3O.HI/c1-9(2)14-10(5-6-21-14)8-19-15(18)20-13-7-11(16)3-4-12(13)17;/h3-4,7,10,14H,1,5-6,8H2,2H3,(H3,18,19,20);1H. The van der Waals surface area contributed by atoms with E-state index in [0.29, 0.717) is 13.2 Å². The molecule has 0 aliphatic carbocycles. The second-order valence-corrected chi connectivity index (χ2v) is 5.16. The van der Waals surface area contributed by atoms with Gasteiger partial charge in [-0.1, -0.05) is 12.2 Å². The summed E-state index contributed by atoms with van der Waals surface area (Å²) in [7, 11) is 0. The molecule has 0 saturated carbocycles. The van der Waals surface area contributed by atoms with E-state index in [9.17, 15) is 8.78 Å². The molecular formula is C15H20F2IN3O. The van der Waals surface area contributed by atoms with Crippen LogP contribution in [-0.2, 0) is 4.74 Å². The molecule has 0 aromatic heterocycles. The summed E-state index contributed by atoms with van der Waals surface area (Å²) >= 11 is 0. The van der Waals surface area contributed by atoms with Crippen molar-refractivity contribution in [2.24, 2.45) is 16.6 Å². The van der Waals surface area contributed by atoms with Gasteiger partial charge in [-0.2, -0.15) is 0 Å². The summed E-state index contributed by atoms with van der Waals surface area (Å²) in [6, 6.07) is 3.11. The van der Waals surface area contributed by atoms with E-state index in [1.54, 1.807) is 0 Å². The molecule has 1 heterocycles. The third-order valence-electron chi connectivity index (χ3n) is 3.39. The number of nitrogens with zero attached hydrogens (tertiary/aromatic N) is 1. The van der Waals surface area contributed by atoms with Crippen molar-refractivity contribution in [2.45, 2.75) is 19.4 Å². The number of nitrogens with one attached hydrogen (secondary N) is 1. The Kier molecular flexibility index (Phi) is 7.21. The van der Waals surface area contributed by atoms with Gasteiger partial charge < -0.3 is 15.8 Å². The molecule has 22 heavy (non-hydrogen) atoms.